The van der Waals surface area contributed by atoms with Gasteiger partial charge >= 0.3 is 5.97 Å². The summed E-state index contributed by atoms with van der Waals surface area (Å²) in [6.45, 7) is 1.84. The number of hydrogen-bond acceptors (Lipinski definition) is 3. The lowest BCUT2D eigenvalue weighted by atomic mass is 10.1. The largest absolute Gasteiger partial charge is 0.508 e. The summed E-state index contributed by atoms with van der Waals surface area (Å²) in [4.78, 5) is 22.6. The first-order chi connectivity index (χ1) is 8.04. The molecule has 0 unspecified atom stereocenters. The molecule has 92 valence electrons. The van der Waals surface area contributed by atoms with Gasteiger partial charge in [-0.15, -0.1) is 0 Å². The van der Waals surface area contributed by atoms with E-state index in [1.54, 1.807) is 0 Å². The van der Waals surface area contributed by atoms with Crippen LogP contribution >= 0.6 is 0 Å². The molecule has 3 N–H and O–H groups in total. The molecule has 0 saturated heterocycles. The second kappa shape index (κ2) is 5.89. The van der Waals surface area contributed by atoms with Crippen LogP contribution in [0.3, 0.4) is 0 Å². The summed E-state index contributed by atoms with van der Waals surface area (Å²) in [6.07, 6.45) is 1.04. The van der Waals surface area contributed by atoms with Gasteiger partial charge in [0.2, 0.25) is 0 Å². The number of carboxylic acids is 1. The van der Waals surface area contributed by atoms with Crippen LogP contribution in [0.2, 0.25) is 0 Å². The maximum atomic E-state index is 11.7. The summed E-state index contributed by atoms with van der Waals surface area (Å²) in [7, 11) is 0. The highest BCUT2D eigenvalue weighted by atomic mass is 16.4. The molecule has 1 atom stereocenters. The van der Waals surface area contributed by atoms with Gasteiger partial charge in [0.15, 0.2) is 0 Å². The van der Waals surface area contributed by atoms with E-state index in [1.807, 2.05) is 6.92 Å². The molecule has 17 heavy (non-hydrogen) atoms. The number of phenols is 1. The van der Waals surface area contributed by atoms with Crippen LogP contribution in [0, 0.1) is 0 Å². The molecular weight excluding hydrogens is 222 g/mol. The standard InChI is InChI=1S/C12H15NO4/c1-2-4-10(12(16)17)13-11(15)8-5-3-6-9(14)7-8/h3,5-7,10,14H,2,4H2,1H3,(H,13,15)(H,16,17)/t10-/m0/s1. The minimum atomic E-state index is -1.06. The quantitative estimate of drug-likeness (QED) is 0.722. The van der Waals surface area contributed by atoms with E-state index in [4.69, 9.17) is 5.11 Å². The molecule has 1 rings (SSSR count). The first kappa shape index (κ1) is 13.0. The van der Waals surface area contributed by atoms with E-state index >= 15 is 0 Å². The minimum Gasteiger partial charge on any atom is -0.508 e. The highest BCUT2D eigenvalue weighted by Gasteiger charge is 2.19. The Morgan fingerprint density at radius 1 is 1.41 bits per heavy atom. The van der Waals surface area contributed by atoms with Crippen molar-refractivity contribution < 1.29 is 19.8 Å². The molecular formula is C12H15NO4. The summed E-state index contributed by atoms with van der Waals surface area (Å²) in [5.74, 6) is -1.58. The third kappa shape index (κ3) is 3.79. The van der Waals surface area contributed by atoms with Gasteiger partial charge in [-0.25, -0.2) is 4.79 Å². The normalized spacial score (nSPS) is 11.8. The Labute approximate surface area is 99.1 Å². The van der Waals surface area contributed by atoms with E-state index in [0.29, 0.717) is 12.8 Å². The fourth-order valence-corrected chi connectivity index (χ4v) is 1.43. The van der Waals surface area contributed by atoms with E-state index in [9.17, 15) is 14.7 Å². The Hall–Kier alpha value is -2.04. The van der Waals surface area contributed by atoms with Gasteiger partial charge in [0, 0.05) is 5.56 Å². The highest BCUT2D eigenvalue weighted by Crippen LogP contribution is 2.11. The number of carbonyl (C=O) groups excluding carboxylic acids is 1. The van der Waals surface area contributed by atoms with Crippen LogP contribution < -0.4 is 5.32 Å². The maximum absolute atomic E-state index is 11.7. The number of hydrogen-bond donors (Lipinski definition) is 3. The lowest BCUT2D eigenvalue weighted by Crippen LogP contribution is -2.40. The van der Waals surface area contributed by atoms with Gasteiger partial charge < -0.3 is 15.5 Å². The van der Waals surface area contributed by atoms with Crippen molar-refractivity contribution in [3.63, 3.8) is 0 Å². The van der Waals surface area contributed by atoms with E-state index in [-0.39, 0.29) is 11.3 Å². The summed E-state index contributed by atoms with van der Waals surface area (Å²) >= 11 is 0. The fourth-order valence-electron chi connectivity index (χ4n) is 1.43. The third-order valence-electron chi connectivity index (χ3n) is 2.29. The van der Waals surface area contributed by atoms with Crippen molar-refractivity contribution in [2.75, 3.05) is 0 Å². The molecule has 1 aromatic rings. The van der Waals surface area contributed by atoms with Crippen molar-refractivity contribution in [3.05, 3.63) is 29.8 Å². The first-order valence-corrected chi connectivity index (χ1v) is 5.37. The SMILES string of the molecule is CCC[C@H](NC(=O)c1cccc(O)c1)C(=O)O. The molecule has 5 heteroatoms. The number of benzene rings is 1. The molecule has 0 fully saturated rings. The van der Waals surface area contributed by atoms with Crippen molar-refractivity contribution in [3.8, 4) is 5.75 Å². The number of aromatic hydroxyl groups is 1. The molecule has 0 heterocycles. The van der Waals surface area contributed by atoms with E-state index < -0.39 is 17.9 Å². The molecule has 0 spiro atoms. The molecule has 0 bridgehead atoms. The second-order valence-corrected chi connectivity index (χ2v) is 3.70. The summed E-state index contributed by atoms with van der Waals surface area (Å²) in [5, 5.41) is 20.5. The van der Waals surface area contributed by atoms with Gasteiger partial charge in [-0.3, -0.25) is 4.79 Å². The summed E-state index contributed by atoms with van der Waals surface area (Å²) in [5.41, 5.74) is 0.243. The Balaban J connectivity index is 2.73. The third-order valence-corrected chi connectivity index (χ3v) is 2.29. The van der Waals surface area contributed by atoms with Crippen LogP contribution in [0.4, 0.5) is 0 Å². The van der Waals surface area contributed by atoms with Gasteiger partial charge in [0.25, 0.3) is 5.91 Å². The van der Waals surface area contributed by atoms with Gasteiger partial charge in [-0.2, -0.15) is 0 Å². The molecule has 0 radical (unpaired) electrons. The van der Waals surface area contributed by atoms with Gasteiger partial charge in [0.05, 0.1) is 0 Å². The van der Waals surface area contributed by atoms with Gasteiger partial charge in [0.1, 0.15) is 11.8 Å². The smallest absolute Gasteiger partial charge is 0.326 e. The van der Waals surface area contributed by atoms with Gasteiger partial charge in [-0.1, -0.05) is 19.4 Å². The number of carboxylic acid groups (broad SMARTS) is 1. The Morgan fingerprint density at radius 3 is 2.65 bits per heavy atom. The Bertz CT molecular complexity index is 417. The summed E-state index contributed by atoms with van der Waals surface area (Å²) in [6, 6.07) is 4.88. The zero-order valence-electron chi connectivity index (χ0n) is 9.51. The van der Waals surface area contributed by atoms with Crippen molar-refractivity contribution in [2.45, 2.75) is 25.8 Å². The highest BCUT2D eigenvalue weighted by molar-refractivity contribution is 5.96. The predicted octanol–water partition coefficient (Wildman–Crippen LogP) is 1.38. The Morgan fingerprint density at radius 2 is 2.12 bits per heavy atom. The predicted molar refractivity (Wildman–Crippen MR) is 61.9 cm³/mol. The van der Waals surface area contributed by atoms with E-state index in [2.05, 4.69) is 5.32 Å². The van der Waals surface area contributed by atoms with Gasteiger partial charge in [-0.05, 0) is 24.6 Å². The number of phenolic OH excluding ortho intramolecular Hbond substituents is 1. The number of rotatable bonds is 5. The number of amides is 1. The number of carbonyl (C=O) groups is 2. The van der Waals surface area contributed by atoms with Crippen LogP contribution in [0.15, 0.2) is 24.3 Å². The molecule has 0 aliphatic heterocycles. The number of aliphatic carboxylic acids is 1. The molecule has 0 aliphatic rings. The van der Waals surface area contributed by atoms with Crippen LogP contribution in [-0.2, 0) is 4.79 Å². The second-order valence-electron chi connectivity index (χ2n) is 3.70. The van der Waals surface area contributed by atoms with Crippen LogP contribution in [-0.4, -0.2) is 28.1 Å². The fraction of sp³-hybridized carbons (Fsp3) is 0.333. The lowest BCUT2D eigenvalue weighted by Gasteiger charge is -2.13. The van der Waals surface area contributed by atoms with Crippen molar-refractivity contribution >= 4 is 11.9 Å². The summed E-state index contributed by atoms with van der Waals surface area (Å²) < 4.78 is 0. The number of nitrogens with one attached hydrogen (secondary N) is 1. The first-order valence-electron chi connectivity index (χ1n) is 5.37. The molecule has 5 nitrogen and oxygen atoms in total. The van der Waals surface area contributed by atoms with Crippen molar-refractivity contribution in [1.29, 1.82) is 0 Å². The van der Waals surface area contributed by atoms with E-state index in [0.717, 1.165) is 0 Å². The monoisotopic (exact) mass is 237 g/mol. The molecule has 0 aromatic heterocycles. The molecule has 0 aliphatic carbocycles. The minimum absolute atomic E-state index is 0.0278. The maximum Gasteiger partial charge on any atom is 0.326 e. The topological polar surface area (TPSA) is 86.6 Å². The lowest BCUT2D eigenvalue weighted by molar-refractivity contribution is -0.139. The van der Waals surface area contributed by atoms with Crippen LogP contribution in [0.5, 0.6) is 5.75 Å². The van der Waals surface area contributed by atoms with E-state index in [1.165, 1.54) is 24.3 Å². The van der Waals surface area contributed by atoms with Crippen molar-refractivity contribution in [2.24, 2.45) is 0 Å². The van der Waals surface area contributed by atoms with Crippen LogP contribution in [0.1, 0.15) is 30.1 Å². The zero-order valence-corrected chi connectivity index (χ0v) is 9.51. The molecule has 0 saturated carbocycles. The van der Waals surface area contributed by atoms with Crippen molar-refractivity contribution in [1.82, 2.24) is 5.32 Å². The molecule has 1 aromatic carbocycles. The average molecular weight is 237 g/mol. The Kier molecular flexibility index (Phi) is 4.51. The zero-order chi connectivity index (χ0) is 12.8. The molecule has 1 amide bonds. The van der Waals surface area contributed by atoms with Crippen LogP contribution in [0.25, 0.3) is 0 Å². The average Bonchev–Trinajstić information content (AvgIpc) is 2.28.